The van der Waals surface area contributed by atoms with Crippen LogP contribution in [0.1, 0.15) is 26.7 Å². The number of hydrogen-bond donors (Lipinski definition) is 2. The molecule has 0 radical (unpaired) electrons. The molecule has 0 aromatic carbocycles. The van der Waals surface area contributed by atoms with Crippen LogP contribution in [-0.4, -0.2) is 50.6 Å². The van der Waals surface area contributed by atoms with E-state index in [2.05, 4.69) is 29.5 Å². The van der Waals surface area contributed by atoms with Gasteiger partial charge in [-0.2, -0.15) is 0 Å². The molecule has 0 saturated carbocycles. The van der Waals surface area contributed by atoms with E-state index in [1.54, 1.807) is 0 Å². The standard InChI is InChI=1S/C13H27N3O/c1-4-14-9-11(2)13(17)15-10-12-5-7-16(3)8-6-12/h11-12,14H,4-10H2,1-3H3,(H,15,17). The first-order chi connectivity index (χ1) is 8.13. The normalized spacial score (nSPS) is 20.2. The van der Waals surface area contributed by atoms with Crippen molar-refractivity contribution in [3.8, 4) is 0 Å². The van der Waals surface area contributed by atoms with Gasteiger partial charge in [0.15, 0.2) is 0 Å². The highest BCUT2D eigenvalue weighted by atomic mass is 16.1. The predicted molar refractivity (Wildman–Crippen MR) is 70.9 cm³/mol. The average molecular weight is 241 g/mol. The second-order valence-electron chi connectivity index (χ2n) is 5.20. The van der Waals surface area contributed by atoms with Gasteiger partial charge in [-0.15, -0.1) is 0 Å². The summed E-state index contributed by atoms with van der Waals surface area (Å²) in [6.45, 7) is 8.90. The zero-order valence-corrected chi connectivity index (χ0v) is 11.5. The number of carbonyl (C=O) groups is 1. The number of carbonyl (C=O) groups excluding carboxylic acids is 1. The van der Waals surface area contributed by atoms with E-state index in [1.165, 1.54) is 12.8 Å². The molecule has 0 spiro atoms. The Bertz CT molecular complexity index is 225. The molecule has 1 atom stereocenters. The average Bonchev–Trinajstić information content (AvgIpc) is 2.34. The summed E-state index contributed by atoms with van der Waals surface area (Å²) in [5.74, 6) is 0.924. The van der Waals surface area contributed by atoms with Crippen LogP contribution in [0, 0.1) is 11.8 Å². The highest BCUT2D eigenvalue weighted by molar-refractivity contribution is 5.78. The fourth-order valence-electron chi connectivity index (χ4n) is 2.14. The third-order valence-electron chi connectivity index (χ3n) is 3.55. The SMILES string of the molecule is CCNCC(C)C(=O)NCC1CCN(C)CC1. The second-order valence-corrected chi connectivity index (χ2v) is 5.20. The molecule has 100 valence electrons. The molecule has 1 unspecified atom stereocenters. The quantitative estimate of drug-likeness (QED) is 0.719. The van der Waals surface area contributed by atoms with Gasteiger partial charge in [0.2, 0.25) is 5.91 Å². The first-order valence-electron chi connectivity index (χ1n) is 6.80. The highest BCUT2D eigenvalue weighted by Crippen LogP contribution is 2.14. The number of nitrogens with one attached hydrogen (secondary N) is 2. The minimum absolute atomic E-state index is 0.0706. The van der Waals surface area contributed by atoms with E-state index in [0.29, 0.717) is 5.92 Å². The largest absolute Gasteiger partial charge is 0.356 e. The van der Waals surface area contributed by atoms with Gasteiger partial charge in [0.1, 0.15) is 0 Å². The maximum absolute atomic E-state index is 11.8. The van der Waals surface area contributed by atoms with Gasteiger partial charge in [0.05, 0.1) is 0 Å². The molecule has 1 saturated heterocycles. The Morgan fingerprint density at radius 2 is 2.06 bits per heavy atom. The summed E-state index contributed by atoms with van der Waals surface area (Å²) in [7, 11) is 2.16. The Kier molecular flexibility index (Phi) is 6.52. The number of piperidine rings is 1. The summed E-state index contributed by atoms with van der Waals surface area (Å²) in [6.07, 6.45) is 2.41. The van der Waals surface area contributed by atoms with Crippen LogP contribution in [0.2, 0.25) is 0 Å². The van der Waals surface area contributed by atoms with Crippen molar-refractivity contribution in [3.05, 3.63) is 0 Å². The molecule has 4 nitrogen and oxygen atoms in total. The summed E-state index contributed by atoms with van der Waals surface area (Å²) in [6, 6.07) is 0. The van der Waals surface area contributed by atoms with Crippen LogP contribution in [0.4, 0.5) is 0 Å². The molecule has 1 aliphatic heterocycles. The van der Waals surface area contributed by atoms with Gasteiger partial charge in [0.25, 0.3) is 0 Å². The van der Waals surface area contributed by atoms with E-state index < -0.39 is 0 Å². The molecule has 2 N–H and O–H groups in total. The van der Waals surface area contributed by atoms with Crippen LogP contribution in [-0.2, 0) is 4.79 Å². The molecule has 17 heavy (non-hydrogen) atoms. The van der Waals surface area contributed by atoms with E-state index in [9.17, 15) is 4.79 Å². The van der Waals surface area contributed by atoms with Crippen molar-refractivity contribution in [2.24, 2.45) is 11.8 Å². The maximum atomic E-state index is 11.8. The summed E-state index contributed by atoms with van der Waals surface area (Å²) >= 11 is 0. The Morgan fingerprint density at radius 1 is 1.41 bits per heavy atom. The second kappa shape index (κ2) is 7.67. The number of nitrogens with zero attached hydrogens (tertiary/aromatic N) is 1. The van der Waals surface area contributed by atoms with Gasteiger partial charge in [-0.25, -0.2) is 0 Å². The first-order valence-corrected chi connectivity index (χ1v) is 6.80. The van der Waals surface area contributed by atoms with Crippen molar-refractivity contribution >= 4 is 5.91 Å². The van der Waals surface area contributed by atoms with Crippen LogP contribution in [0.3, 0.4) is 0 Å². The van der Waals surface area contributed by atoms with Crippen molar-refractivity contribution in [3.63, 3.8) is 0 Å². The minimum atomic E-state index is 0.0706. The first kappa shape index (κ1) is 14.5. The molecule has 1 amide bonds. The number of likely N-dealkylation sites (tertiary alicyclic amines) is 1. The van der Waals surface area contributed by atoms with E-state index in [4.69, 9.17) is 0 Å². The lowest BCUT2D eigenvalue weighted by molar-refractivity contribution is -0.124. The molecular weight excluding hydrogens is 214 g/mol. The Morgan fingerprint density at radius 3 is 2.65 bits per heavy atom. The molecule has 0 bridgehead atoms. The lowest BCUT2D eigenvalue weighted by Crippen LogP contribution is -2.40. The fraction of sp³-hybridized carbons (Fsp3) is 0.923. The molecular formula is C13H27N3O. The van der Waals surface area contributed by atoms with Gasteiger partial charge in [-0.1, -0.05) is 13.8 Å². The molecule has 0 aromatic heterocycles. The Labute approximate surface area is 105 Å². The monoisotopic (exact) mass is 241 g/mol. The van der Waals surface area contributed by atoms with Gasteiger partial charge in [-0.3, -0.25) is 4.79 Å². The zero-order chi connectivity index (χ0) is 12.7. The lowest BCUT2D eigenvalue weighted by Gasteiger charge is -2.29. The molecule has 1 fully saturated rings. The fourth-order valence-corrected chi connectivity index (χ4v) is 2.14. The minimum Gasteiger partial charge on any atom is -0.356 e. The van der Waals surface area contributed by atoms with E-state index in [0.717, 1.165) is 32.7 Å². The van der Waals surface area contributed by atoms with Crippen LogP contribution < -0.4 is 10.6 Å². The van der Waals surface area contributed by atoms with Gasteiger partial charge in [-0.05, 0) is 45.4 Å². The molecule has 0 aromatic rings. The van der Waals surface area contributed by atoms with Crippen molar-refractivity contribution in [1.82, 2.24) is 15.5 Å². The van der Waals surface area contributed by atoms with Gasteiger partial charge >= 0.3 is 0 Å². The number of rotatable bonds is 6. The third kappa shape index (κ3) is 5.50. The van der Waals surface area contributed by atoms with Crippen molar-refractivity contribution in [1.29, 1.82) is 0 Å². The van der Waals surface area contributed by atoms with Crippen molar-refractivity contribution < 1.29 is 4.79 Å². The maximum Gasteiger partial charge on any atom is 0.224 e. The lowest BCUT2D eigenvalue weighted by atomic mass is 9.97. The Balaban J connectivity index is 2.14. The van der Waals surface area contributed by atoms with Crippen LogP contribution >= 0.6 is 0 Å². The molecule has 1 aliphatic rings. The van der Waals surface area contributed by atoms with Crippen molar-refractivity contribution in [2.45, 2.75) is 26.7 Å². The third-order valence-corrected chi connectivity index (χ3v) is 3.55. The van der Waals surface area contributed by atoms with Gasteiger partial charge < -0.3 is 15.5 Å². The molecule has 4 heteroatoms. The summed E-state index contributed by atoms with van der Waals surface area (Å²) in [4.78, 5) is 14.1. The Hall–Kier alpha value is -0.610. The topological polar surface area (TPSA) is 44.4 Å². The molecule has 1 rings (SSSR count). The zero-order valence-electron chi connectivity index (χ0n) is 11.5. The number of amides is 1. The molecule has 0 aliphatic carbocycles. The van der Waals surface area contributed by atoms with Crippen LogP contribution in [0.25, 0.3) is 0 Å². The van der Waals surface area contributed by atoms with Crippen LogP contribution in [0.15, 0.2) is 0 Å². The number of hydrogen-bond acceptors (Lipinski definition) is 3. The van der Waals surface area contributed by atoms with Crippen molar-refractivity contribution in [2.75, 3.05) is 39.8 Å². The predicted octanol–water partition coefficient (Wildman–Crippen LogP) is 0.690. The summed E-state index contributed by atoms with van der Waals surface area (Å²) < 4.78 is 0. The van der Waals surface area contributed by atoms with E-state index in [-0.39, 0.29) is 11.8 Å². The summed E-state index contributed by atoms with van der Waals surface area (Å²) in [5, 5.41) is 6.28. The van der Waals surface area contributed by atoms with Crippen LogP contribution in [0.5, 0.6) is 0 Å². The molecule has 1 heterocycles. The van der Waals surface area contributed by atoms with Gasteiger partial charge in [0, 0.05) is 19.0 Å². The smallest absolute Gasteiger partial charge is 0.224 e. The highest BCUT2D eigenvalue weighted by Gasteiger charge is 2.18. The van der Waals surface area contributed by atoms with E-state index >= 15 is 0 Å². The summed E-state index contributed by atoms with van der Waals surface area (Å²) in [5.41, 5.74) is 0. The van der Waals surface area contributed by atoms with E-state index in [1.807, 2.05) is 6.92 Å².